The molecule has 2 amide bonds. The molecule has 2 aliphatic rings. The van der Waals surface area contributed by atoms with E-state index in [4.69, 9.17) is 5.73 Å². The molecule has 21 heavy (non-hydrogen) atoms. The lowest BCUT2D eigenvalue weighted by Crippen LogP contribution is -2.54. The van der Waals surface area contributed by atoms with Crippen LogP contribution in [0.15, 0.2) is 17.5 Å². The number of urea groups is 1. The van der Waals surface area contributed by atoms with Crippen LogP contribution in [0, 0.1) is 0 Å². The smallest absolute Gasteiger partial charge is 0.314 e. The van der Waals surface area contributed by atoms with E-state index in [1.54, 1.807) is 11.3 Å². The molecule has 1 saturated heterocycles. The number of amides is 2. The van der Waals surface area contributed by atoms with Crippen LogP contribution in [0.1, 0.15) is 49.3 Å². The van der Waals surface area contributed by atoms with E-state index in [0.29, 0.717) is 18.0 Å². The Bertz CT molecular complexity index is 456. The normalized spacial score (nSPS) is 27.7. The molecule has 0 spiro atoms. The molecule has 1 saturated carbocycles. The molecule has 5 heteroatoms. The summed E-state index contributed by atoms with van der Waals surface area (Å²) in [7, 11) is 0. The molecule has 2 atom stereocenters. The molecule has 1 aromatic heterocycles. The summed E-state index contributed by atoms with van der Waals surface area (Å²) in [6.07, 6.45) is 7.69. The van der Waals surface area contributed by atoms with E-state index in [9.17, 15) is 4.79 Å². The van der Waals surface area contributed by atoms with Crippen molar-refractivity contribution >= 4 is 17.4 Å². The molecule has 1 aromatic rings. The number of nitrogens with zero attached hydrogens (tertiary/aromatic N) is 1. The van der Waals surface area contributed by atoms with Gasteiger partial charge in [-0.2, -0.15) is 0 Å². The number of rotatable bonds is 3. The molecule has 2 unspecified atom stereocenters. The van der Waals surface area contributed by atoms with Crippen LogP contribution < -0.4 is 11.1 Å². The van der Waals surface area contributed by atoms with Crippen molar-refractivity contribution in [3.8, 4) is 0 Å². The van der Waals surface area contributed by atoms with Crippen molar-refractivity contribution in [3.05, 3.63) is 22.4 Å². The Hall–Kier alpha value is -1.07. The highest BCUT2D eigenvalue weighted by Crippen LogP contribution is 2.31. The number of nitrogens with two attached hydrogens (primary N) is 1. The summed E-state index contributed by atoms with van der Waals surface area (Å²) >= 11 is 1.78. The fourth-order valence-electron chi connectivity index (χ4n) is 3.73. The number of nitrogens with one attached hydrogen (secondary N) is 1. The highest BCUT2D eigenvalue weighted by atomic mass is 32.1. The Balaban J connectivity index is 1.66. The van der Waals surface area contributed by atoms with Gasteiger partial charge < -0.3 is 16.0 Å². The van der Waals surface area contributed by atoms with Crippen molar-refractivity contribution < 1.29 is 4.79 Å². The molecule has 3 N–H and O–H groups in total. The first kappa shape index (κ1) is 14.9. The number of hydrogen-bond acceptors (Lipinski definition) is 3. The van der Waals surface area contributed by atoms with Gasteiger partial charge in [0.15, 0.2) is 0 Å². The second kappa shape index (κ2) is 6.79. The predicted octanol–water partition coefficient (Wildman–Crippen LogP) is 2.91. The van der Waals surface area contributed by atoms with Gasteiger partial charge in [-0.15, -0.1) is 11.3 Å². The van der Waals surface area contributed by atoms with Gasteiger partial charge in [0, 0.05) is 36.0 Å². The Labute approximate surface area is 130 Å². The highest BCUT2D eigenvalue weighted by Gasteiger charge is 2.31. The topological polar surface area (TPSA) is 58.4 Å². The third kappa shape index (κ3) is 3.77. The number of hydrogen-bond donors (Lipinski definition) is 2. The maximum atomic E-state index is 11.6. The Morgan fingerprint density at radius 1 is 1.24 bits per heavy atom. The van der Waals surface area contributed by atoms with E-state index in [2.05, 4.69) is 22.8 Å². The monoisotopic (exact) mass is 307 g/mol. The summed E-state index contributed by atoms with van der Waals surface area (Å²) in [6, 6.07) is 4.98. The molecule has 0 radical (unpaired) electrons. The van der Waals surface area contributed by atoms with Crippen molar-refractivity contribution in [1.29, 1.82) is 0 Å². The maximum absolute atomic E-state index is 11.6. The minimum atomic E-state index is -0.285. The Morgan fingerprint density at radius 3 is 2.71 bits per heavy atom. The molecule has 2 fully saturated rings. The van der Waals surface area contributed by atoms with Crippen LogP contribution in [0.25, 0.3) is 0 Å². The fourth-order valence-corrected chi connectivity index (χ4v) is 4.57. The van der Waals surface area contributed by atoms with Crippen LogP contribution in [0.2, 0.25) is 0 Å². The zero-order chi connectivity index (χ0) is 14.7. The van der Waals surface area contributed by atoms with Gasteiger partial charge in [-0.3, -0.25) is 0 Å². The molecule has 1 aliphatic heterocycles. The molecule has 2 heterocycles. The third-order valence-corrected chi connectivity index (χ3v) is 5.82. The molecule has 3 rings (SSSR count). The molecular formula is C16H25N3OS. The first-order valence-corrected chi connectivity index (χ1v) is 8.94. The SMILES string of the molecule is NC(=O)N1CC(NC2CCCCC2)CC(c2cccs2)C1. The van der Waals surface area contributed by atoms with Crippen molar-refractivity contribution in [2.75, 3.05) is 13.1 Å². The highest BCUT2D eigenvalue weighted by molar-refractivity contribution is 7.10. The van der Waals surface area contributed by atoms with E-state index in [1.165, 1.54) is 37.0 Å². The molecular weight excluding hydrogens is 282 g/mol. The lowest BCUT2D eigenvalue weighted by Gasteiger charge is -2.39. The van der Waals surface area contributed by atoms with Crippen molar-refractivity contribution in [1.82, 2.24) is 10.2 Å². The van der Waals surface area contributed by atoms with Crippen LogP contribution in [0.5, 0.6) is 0 Å². The largest absolute Gasteiger partial charge is 0.351 e. The van der Waals surface area contributed by atoms with E-state index in [1.807, 2.05) is 4.90 Å². The number of carbonyl (C=O) groups is 1. The first-order chi connectivity index (χ1) is 10.2. The second-order valence-corrected chi connectivity index (χ2v) is 7.37. The second-order valence-electron chi connectivity index (χ2n) is 6.39. The molecule has 4 nitrogen and oxygen atoms in total. The number of primary amides is 1. The van der Waals surface area contributed by atoms with E-state index in [0.717, 1.165) is 19.5 Å². The van der Waals surface area contributed by atoms with Crippen LogP contribution in [-0.2, 0) is 0 Å². The summed E-state index contributed by atoms with van der Waals surface area (Å²) in [6.45, 7) is 1.52. The maximum Gasteiger partial charge on any atom is 0.314 e. The Morgan fingerprint density at radius 2 is 2.05 bits per heavy atom. The fraction of sp³-hybridized carbons (Fsp3) is 0.688. The average Bonchev–Trinajstić information content (AvgIpc) is 3.02. The summed E-state index contributed by atoms with van der Waals surface area (Å²) in [5.74, 6) is 0.423. The van der Waals surface area contributed by atoms with Crippen molar-refractivity contribution in [2.24, 2.45) is 5.73 Å². The zero-order valence-corrected chi connectivity index (χ0v) is 13.3. The molecule has 0 bridgehead atoms. The van der Waals surface area contributed by atoms with Crippen LogP contribution in [0.4, 0.5) is 4.79 Å². The minimum Gasteiger partial charge on any atom is -0.351 e. The molecule has 116 valence electrons. The summed E-state index contributed by atoms with van der Waals surface area (Å²) in [4.78, 5) is 14.8. The predicted molar refractivity (Wildman–Crippen MR) is 86.6 cm³/mol. The quantitative estimate of drug-likeness (QED) is 0.902. The van der Waals surface area contributed by atoms with Crippen molar-refractivity contribution in [2.45, 2.75) is 56.5 Å². The lowest BCUT2D eigenvalue weighted by atomic mass is 9.90. The third-order valence-electron chi connectivity index (χ3n) is 4.78. The first-order valence-electron chi connectivity index (χ1n) is 8.06. The summed E-state index contributed by atoms with van der Waals surface area (Å²) in [5.41, 5.74) is 5.54. The van der Waals surface area contributed by atoms with Crippen LogP contribution in [-0.4, -0.2) is 36.1 Å². The average molecular weight is 307 g/mol. The van der Waals surface area contributed by atoms with E-state index < -0.39 is 0 Å². The summed E-state index contributed by atoms with van der Waals surface area (Å²) < 4.78 is 0. The summed E-state index contributed by atoms with van der Waals surface area (Å²) in [5, 5.41) is 5.90. The lowest BCUT2D eigenvalue weighted by molar-refractivity contribution is 0.164. The van der Waals surface area contributed by atoms with Gasteiger partial charge in [0.1, 0.15) is 0 Å². The minimum absolute atomic E-state index is 0.285. The number of likely N-dealkylation sites (tertiary alicyclic amines) is 1. The van der Waals surface area contributed by atoms with Gasteiger partial charge in [-0.25, -0.2) is 4.79 Å². The van der Waals surface area contributed by atoms with Gasteiger partial charge >= 0.3 is 6.03 Å². The van der Waals surface area contributed by atoms with Gasteiger partial charge in [-0.1, -0.05) is 25.3 Å². The van der Waals surface area contributed by atoms with Gasteiger partial charge in [0.05, 0.1) is 0 Å². The van der Waals surface area contributed by atoms with E-state index in [-0.39, 0.29) is 6.03 Å². The van der Waals surface area contributed by atoms with Gasteiger partial charge in [0.2, 0.25) is 0 Å². The number of thiophene rings is 1. The Kier molecular flexibility index (Phi) is 4.80. The molecule has 1 aliphatic carbocycles. The van der Waals surface area contributed by atoms with Gasteiger partial charge in [0.25, 0.3) is 0 Å². The van der Waals surface area contributed by atoms with E-state index >= 15 is 0 Å². The zero-order valence-electron chi connectivity index (χ0n) is 12.5. The van der Waals surface area contributed by atoms with Crippen molar-refractivity contribution in [3.63, 3.8) is 0 Å². The van der Waals surface area contributed by atoms with Crippen LogP contribution >= 0.6 is 11.3 Å². The van der Waals surface area contributed by atoms with Crippen LogP contribution in [0.3, 0.4) is 0 Å². The number of piperidine rings is 1. The number of carbonyl (C=O) groups excluding carboxylic acids is 1. The molecule has 0 aromatic carbocycles. The van der Waals surface area contributed by atoms with Gasteiger partial charge in [-0.05, 0) is 30.7 Å². The standard InChI is InChI=1S/C16H25N3OS/c17-16(20)19-10-12(15-7-4-8-21-15)9-14(11-19)18-13-5-2-1-3-6-13/h4,7-8,12-14,18H,1-3,5-6,9-11H2,(H2,17,20).